The molecule has 0 N–H and O–H groups in total. The van der Waals surface area contributed by atoms with E-state index >= 15 is 0 Å². The summed E-state index contributed by atoms with van der Waals surface area (Å²) in [5.74, 6) is 0. The summed E-state index contributed by atoms with van der Waals surface area (Å²) < 4.78 is 7.49. The van der Waals surface area contributed by atoms with Crippen molar-refractivity contribution >= 4 is 11.0 Å². The molecule has 0 aliphatic heterocycles. The van der Waals surface area contributed by atoms with Crippen molar-refractivity contribution in [2.75, 3.05) is 6.61 Å². The molecule has 0 bridgehead atoms. The lowest BCUT2D eigenvalue weighted by Gasteiger charge is -2.05. The lowest BCUT2D eigenvalue weighted by atomic mass is 10.1. The highest BCUT2D eigenvalue weighted by Crippen LogP contribution is 2.10. The molecule has 0 aliphatic rings. The number of hydrogen-bond acceptors (Lipinski definition) is 3. The molecule has 110 valence electrons. The van der Waals surface area contributed by atoms with Gasteiger partial charge in [0, 0.05) is 6.61 Å². The molecule has 0 radical (unpaired) electrons. The van der Waals surface area contributed by atoms with Crippen LogP contribution in [0.4, 0.5) is 0 Å². The Labute approximate surface area is 121 Å². The van der Waals surface area contributed by atoms with E-state index < -0.39 is 0 Å². The van der Waals surface area contributed by atoms with E-state index in [0.717, 1.165) is 24.1 Å². The minimum absolute atomic E-state index is 0.496. The number of unbranched alkanes of at least 4 members (excludes halogenated alkanes) is 6. The van der Waals surface area contributed by atoms with Crippen LogP contribution in [0.3, 0.4) is 0 Å². The first-order valence-electron chi connectivity index (χ1n) is 7.78. The fourth-order valence-corrected chi connectivity index (χ4v) is 2.32. The lowest BCUT2D eigenvalue weighted by Crippen LogP contribution is -2.05. The highest BCUT2D eigenvalue weighted by molar-refractivity contribution is 5.73. The van der Waals surface area contributed by atoms with Crippen molar-refractivity contribution in [3.05, 3.63) is 24.3 Å². The standard InChI is InChI=1S/C16H25N3O/c1-2-3-4-5-6-7-10-13-20-14-19-16-12-9-8-11-15(16)17-18-19/h8-9,11-12H,2-7,10,13-14H2,1H3. The topological polar surface area (TPSA) is 39.9 Å². The number of hydrogen-bond donors (Lipinski definition) is 0. The van der Waals surface area contributed by atoms with Gasteiger partial charge >= 0.3 is 0 Å². The van der Waals surface area contributed by atoms with Gasteiger partial charge in [0.2, 0.25) is 0 Å². The van der Waals surface area contributed by atoms with Crippen LogP contribution in [0.2, 0.25) is 0 Å². The number of para-hydroxylation sites is 1. The average molecular weight is 275 g/mol. The number of nitrogens with zero attached hydrogens (tertiary/aromatic N) is 3. The van der Waals surface area contributed by atoms with Crippen LogP contribution in [0.5, 0.6) is 0 Å². The molecule has 0 unspecified atom stereocenters. The van der Waals surface area contributed by atoms with Crippen molar-refractivity contribution in [3.8, 4) is 0 Å². The molecule has 0 saturated carbocycles. The molecule has 4 heteroatoms. The molecular formula is C16H25N3O. The van der Waals surface area contributed by atoms with E-state index in [1.807, 2.05) is 28.9 Å². The first-order chi connectivity index (χ1) is 9.92. The predicted octanol–water partition coefficient (Wildman–Crippen LogP) is 4.16. The van der Waals surface area contributed by atoms with Gasteiger partial charge in [-0.1, -0.05) is 62.8 Å². The third-order valence-corrected chi connectivity index (χ3v) is 3.53. The zero-order chi connectivity index (χ0) is 14.0. The Morgan fingerprint density at radius 3 is 2.60 bits per heavy atom. The Bertz CT molecular complexity index is 495. The van der Waals surface area contributed by atoms with E-state index in [1.165, 1.54) is 38.5 Å². The molecule has 4 nitrogen and oxygen atoms in total. The van der Waals surface area contributed by atoms with Crippen molar-refractivity contribution in [1.82, 2.24) is 15.0 Å². The fourth-order valence-electron chi connectivity index (χ4n) is 2.32. The molecule has 0 saturated heterocycles. The van der Waals surface area contributed by atoms with Gasteiger partial charge in [0.05, 0.1) is 5.52 Å². The Morgan fingerprint density at radius 1 is 1.00 bits per heavy atom. The molecule has 0 amide bonds. The smallest absolute Gasteiger partial charge is 0.141 e. The van der Waals surface area contributed by atoms with Crippen molar-refractivity contribution < 1.29 is 4.74 Å². The van der Waals surface area contributed by atoms with E-state index in [2.05, 4.69) is 17.2 Å². The maximum atomic E-state index is 5.67. The summed E-state index contributed by atoms with van der Waals surface area (Å²) in [6, 6.07) is 7.96. The second-order valence-corrected chi connectivity index (χ2v) is 5.24. The molecule has 0 fully saturated rings. The third-order valence-electron chi connectivity index (χ3n) is 3.53. The van der Waals surface area contributed by atoms with Crippen LogP contribution in [0.15, 0.2) is 24.3 Å². The van der Waals surface area contributed by atoms with E-state index in [4.69, 9.17) is 4.74 Å². The Balaban J connectivity index is 1.57. The van der Waals surface area contributed by atoms with Crippen LogP contribution in [0.1, 0.15) is 51.9 Å². The Morgan fingerprint density at radius 2 is 1.75 bits per heavy atom. The summed E-state index contributed by atoms with van der Waals surface area (Å²) in [5, 5.41) is 8.21. The largest absolute Gasteiger partial charge is 0.359 e. The van der Waals surface area contributed by atoms with Gasteiger partial charge in [0.25, 0.3) is 0 Å². The van der Waals surface area contributed by atoms with Crippen molar-refractivity contribution in [3.63, 3.8) is 0 Å². The summed E-state index contributed by atoms with van der Waals surface area (Å²) in [5.41, 5.74) is 1.96. The number of benzene rings is 1. The summed E-state index contributed by atoms with van der Waals surface area (Å²) in [6.07, 6.45) is 9.16. The van der Waals surface area contributed by atoms with E-state index in [1.54, 1.807) is 0 Å². The first kappa shape index (κ1) is 15.0. The highest BCUT2D eigenvalue weighted by Gasteiger charge is 2.02. The predicted molar refractivity (Wildman–Crippen MR) is 81.5 cm³/mol. The van der Waals surface area contributed by atoms with Gasteiger partial charge in [-0.25, -0.2) is 4.68 Å². The monoisotopic (exact) mass is 275 g/mol. The molecule has 20 heavy (non-hydrogen) atoms. The number of ether oxygens (including phenoxy) is 1. The van der Waals surface area contributed by atoms with Crippen molar-refractivity contribution in [1.29, 1.82) is 0 Å². The summed E-state index contributed by atoms with van der Waals surface area (Å²) in [6.45, 7) is 3.56. The van der Waals surface area contributed by atoms with Gasteiger partial charge in [0.15, 0.2) is 0 Å². The van der Waals surface area contributed by atoms with Crippen LogP contribution in [-0.4, -0.2) is 21.6 Å². The maximum Gasteiger partial charge on any atom is 0.141 e. The average Bonchev–Trinajstić information content (AvgIpc) is 2.89. The van der Waals surface area contributed by atoms with E-state index in [0.29, 0.717) is 6.73 Å². The Hall–Kier alpha value is -1.42. The summed E-state index contributed by atoms with van der Waals surface area (Å²) in [7, 11) is 0. The van der Waals surface area contributed by atoms with Gasteiger partial charge < -0.3 is 4.74 Å². The SMILES string of the molecule is CCCCCCCCCOCn1nnc2ccccc21. The van der Waals surface area contributed by atoms with Crippen LogP contribution in [0, 0.1) is 0 Å². The minimum Gasteiger partial charge on any atom is -0.359 e. The van der Waals surface area contributed by atoms with Gasteiger partial charge in [0.1, 0.15) is 12.2 Å². The van der Waals surface area contributed by atoms with Gasteiger partial charge in [-0.3, -0.25) is 0 Å². The molecule has 1 aromatic heterocycles. The van der Waals surface area contributed by atoms with Gasteiger partial charge in [-0.15, -0.1) is 5.10 Å². The van der Waals surface area contributed by atoms with Crippen LogP contribution in [0.25, 0.3) is 11.0 Å². The zero-order valence-corrected chi connectivity index (χ0v) is 12.4. The third kappa shape index (κ3) is 4.60. The molecule has 2 rings (SSSR count). The summed E-state index contributed by atoms with van der Waals surface area (Å²) >= 11 is 0. The quantitative estimate of drug-likeness (QED) is 0.611. The second-order valence-electron chi connectivity index (χ2n) is 5.24. The van der Waals surface area contributed by atoms with Crippen molar-refractivity contribution in [2.24, 2.45) is 0 Å². The van der Waals surface area contributed by atoms with Gasteiger partial charge in [-0.2, -0.15) is 0 Å². The zero-order valence-electron chi connectivity index (χ0n) is 12.4. The molecular weight excluding hydrogens is 250 g/mol. The van der Waals surface area contributed by atoms with Crippen LogP contribution < -0.4 is 0 Å². The summed E-state index contributed by atoms with van der Waals surface area (Å²) in [4.78, 5) is 0. The molecule has 1 heterocycles. The second kappa shape index (κ2) is 8.69. The molecule has 0 atom stereocenters. The molecule has 0 spiro atoms. The normalized spacial score (nSPS) is 11.2. The highest BCUT2D eigenvalue weighted by atomic mass is 16.5. The Kier molecular flexibility index (Phi) is 6.51. The van der Waals surface area contributed by atoms with Gasteiger partial charge in [-0.05, 0) is 18.6 Å². The van der Waals surface area contributed by atoms with Crippen LogP contribution >= 0.6 is 0 Å². The van der Waals surface area contributed by atoms with Crippen molar-refractivity contribution in [2.45, 2.75) is 58.6 Å². The number of rotatable bonds is 10. The van der Waals surface area contributed by atoms with E-state index in [-0.39, 0.29) is 0 Å². The van der Waals surface area contributed by atoms with Crippen LogP contribution in [-0.2, 0) is 11.5 Å². The lowest BCUT2D eigenvalue weighted by molar-refractivity contribution is 0.0675. The maximum absolute atomic E-state index is 5.67. The minimum atomic E-state index is 0.496. The molecule has 2 aromatic rings. The van der Waals surface area contributed by atoms with E-state index in [9.17, 15) is 0 Å². The fraction of sp³-hybridized carbons (Fsp3) is 0.625. The first-order valence-corrected chi connectivity index (χ1v) is 7.78. The molecule has 1 aromatic carbocycles. The number of fused-ring (bicyclic) bond motifs is 1. The number of aromatic nitrogens is 3. The molecule has 0 aliphatic carbocycles.